The number of carbonyl (C=O) groups is 1. The summed E-state index contributed by atoms with van der Waals surface area (Å²) in [6, 6.07) is 0. The number of aldehydes is 1. The van der Waals surface area contributed by atoms with Gasteiger partial charge in [-0.25, -0.2) is 0 Å². The molecule has 0 unspecified atom stereocenters. The van der Waals surface area contributed by atoms with Gasteiger partial charge in [-0.05, 0) is 11.8 Å². The minimum absolute atomic E-state index is 0.743. The molecule has 0 N–H and O–H groups in total. The summed E-state index contributed by atoms with van der Waals surface area (Å²) in [7, 11) is 0. The molecule has 0 aliphatic heterocycles. The molecule has 0 rings (SSSR count). The van der Waals surface area contributed by atoms with E-state index in [1.807, 2.05) is 13.0 Å². The third-order valence-electron chi connectivity index (χ3n) is 0.741. The maximum Gasteiger partial charge on any atom is 0.156 e. The summed E-state index contributed by atoms with van der Waals surface area (Å²) in [5.41, 5.74) is 0. The van der Waals surface area contributed by atoms with Crippen LogP contribution >= 0.6 is 11.8 Å². The van der Waals surface area contributed by atoms with E-state index in [0.29, 0.717) is 0 Å². The minimum Gasteiger partial charge on any atom is -0.297 e. The van der Waals surface area contributed by atoms with Gasteiger partial charge in [0.05, 0.1) is 0 Å². The molecule has 0 aromatic rings. The molecule has 0 bridgehead atoms. The molecule has 0 aromatic heterocycles. The van der Waals surface area contributed by atoms with Crippen molar-refractivity contribution in [2.24, 2.45) is 0 Å². The van der Waals surface area contributed by atoms with Crippen LogP contribution in [0.4, 0.5) is 0 Å². The molecule has 0 saturated carbocycles. The van der Waals surface area contributed by atoms with Gasteiger partial charge in [0, 0.05) is 4.91 Å². The summed E-state index contributed by atoms with van der Waals surface area (Å²) >= 11 is 1.36. The van der Waals surface area contributed by atoms with Crippen molar-refractivity contribution in [3.05, 3.63) is 23.0 Å². The Morgan fingerprint density at radius 1 is 1.78 bits per heavy atom. The summed E-state index contributed by atoms with van der Waals surface area (Å²) in [5.74, 6) is 0. The molecule has 9 heavy (non-hydrogen) atoms. The minimum atomic E-state index is 0.743. The predicted octanol–water partition coefficient (Wildman–Crippen LogP) is 2.36. The van der Waals surface area contributed by atoms with Crippen LogP contribution in [0.2, 0.25) is 0 Å². The van der Waals surface area contributed by atoms with Gasteiger partial charge in [-0.1, -0.05) is 31.3 Å². The molecule has 0 radical (unpaired) electrons. The lowest BCUT2D eigenvalue weighted by atomic mass is 10.4. The van der Waals surface area contributed by atoms with Gasteiger partial charge < -0.3 is 0 Å². The molecule has 1 nitrogen and oxygen atoms in total. The molecule has 0 saturated heterocycles. The van der Waals surface area contributed by atoms with Crippen molar-refractivity contribution in [1.82, 2.24) is 0 Å². The van der Waals surface area contributed by atoms with Gasteiger partial charge in [0.15, 0.2) is 6.29 Å². The zero-order chi connectivity index (χ0) is 7.11. The topological polar surface area (TPSA) is 17.1 Å². The van der Waals surface area contributed by atoms with Gasteiger partial charge in [0.2, 0.25) is 0 Å². The van der Waals surface area contributed by atoms with Gasteiger partial charge in [0.25, 0.3) is 0 Å². The molecule has 0 heterocycles. The highest BCUT2D eigenvalue weighted by Gasteiger charge is 1.87. The van der Waals surface area contributed by atoms with Gasteiger partial charge >= 0.3 is 0 Å². The fraction of sp³-hybridized carbons (Fsp3) is 0.286. The maximum absolute atomic E-state index is 10.1. The van der Waals surface area contributed by atoms with Crippen molar-refractivity contribution < 1.29 is 4.79 Å². The largest absolute Gasteiger partial charge is 0.297 e. The fourth-order valence-electron chi connectivity index (χ4n) is 0.421. The smallest absolute Gasteiger partial charge is 0.156 e. The Hall–Kier alpha value is -0.500. The fourth-order valence-corrected chi connectivity index (χ4v) is 0.932. The van der Waals surface area contributed by atoms with Crippen LogP contribution in [0, 0.1) is 0 Å². The number of hydrogen-bond acceptors (Lipinski definition) is 2. The Morgan fingerprint density at radius 3 is 2.78 bits per heavy atom. The molecule has 0 spiro atoms. The van der Waals surface area contributed by atoms with Crippen LogP contribution in [-0.2, 0) is 4.79 Å². The van der Waals surface area contributed by atoms with E-state index in [1.54, 1.807) is 5.41 Å². The first kappa shape index (κ1) is 8.50. The van der Waals surface area contributed by atoms with E-state index in [-0.39, 0.29) is 0 Å². The lowest BCUT2D eigenvalue weighted by Crippen LogP contribution is -1.73. The lowest BCUT2D eigenvalue weighted by Gasteiger charge is -1.88. The van der Waals surface area contributed by atoms with E-state index >= 15 is 0 Å². The third-order valence-corrected chi connectivity index (χ3v) is 1.44. The van der Waals surface area contributed by atoms with E-state index in [1.165, 1.54) is 11.8 Å². The van der Waals surface area contributed by atoms with Gasteiger partial charge in [-0.3, -0.25) is 4.79 Å². The van der Waals surface area contributed by atoms with Crippen LogP contribution in [0.5, 0.6) is 0 Å². The van der Waals surface area contributed by atoms with Gasteiger partial charge in [-0.15, -0.1) is 0 Å². The van der Waals surface area contributed by atoms with Crippen LogP contribution in [0.3, 0.4) is 0 Å². The van der Waals surface area contributed by atoms with E-state index < -0.39 is 0 Å². The highest BCUT2D eigenvalue weighted by atomic mass is 32.2. The van der Waals surface area contributed by atoms with Crippen molar-refractivity contribution in [3.63, 3.8) is 0 Å². The number of thioether (sulfide) groups is 1. The van der Waals surface area contributed by atoms with E-state index in [4.69, 9.17) is 0 Å². The summed E-state index contributed by atoms with van der Waals surface area (Å²) in [4.78, 5) is 10.9. The quantitative estimate of drug-likeness (QED) is 0.442. The van der Waals surface area contributed by atoms with Crippen molar-refractivity contribution in [2.75, 3.05) is 0 Å². The Labute approximate surface area is 59.8 Å². The van der Waals surface area contributed by atoms with Crippen LogP contribution in [-0.4, -0.2) is 6.29 Å². The Balaban J connectivity index is 3.80. The molecule has 0 amide bonds. The summed E-state index contributed by atoms with van der Waals surface area (Å²) in [6.45, 7) is 5.49. The highest BCUT2D eigenvalue weighted by Crippen LogP contribution is 2.13. The molecular weight excluding hydrogens is 132 g/mol. The highest BCUT2D eigenvalue weighted by molar-refractivity contribution is 8.06. The van der Waals surface area contributed by atoms with Crippen molar-refractivity contribution in [1.29, 1.82) is 0 Å². The third kappa shape index (κ3) is 4.03. The normalized spacial score (nSPS) is 11.0. The Morgan fingerprint density at radius 2 is 2.44 bits per heavy atom. The average Bonchev–Trinajstić information content (AvgIpc) is 1.88. The number of hydrogen-bond donors (Lipinski definition) is 0. The van der Waals surface area contributed by atoms with Crippen LogP contribution in [0.15, 0.2) is 23.0 Å². The van der Waals surface area contributed by atoms with Crippen LogP contribution in [0.1, 0.15) is 13.3 Å². The predicted molar refractivity (Wildman–Crippen MR) is 42.2 cm³/mol. The van der Waals surface area contributed by atoms with E-state index in [2.05, 4.69) is 6.58 Å². The first-order valence-corrected chi connectivity index (χ1v) is 3.66. The average molecular weight is 142 g/mol. The van der Waals surface area contributed by atoms with Gasteiger partial charge in [0.1, 0.15) is 0 Å². The number of carbonyl (C=O) groups excluding carboxylic acids is 1. The van der Waals surface area contributed by atoms with E-state index in [9.17, 15) is 4.79 Å². The molecule has 0 fully saturated rings. The molecule has 50 valence electrons. The molecule has 0 aliphatic carbocycles. The molecule has 0 aliphatic rings. The zero-order valence-electron chi connectivity index (χ0n) is 5.46. The second-order valence-electron chi connectivity index (χ2n) is 1.42. The number of rotatable bonds is 4. The van der Waals surface area contributed by atoms with Crippen molar-refractivity contribution in [3.8, 4) is 0 Å². The first-order chi connectivity index (χ1) is 4.35. The van der Waals surface area contributed by atoms with Crippen molar-refractivity contribution in [2.45, 2.75) is 13.3 Å². The van der Waals surface area contributed by atoms with E-state index in [0.717, 1.165) is 17.6 Å². The molecular formula is C7H10OS. The summed E-state index contributed by atoms with van der Waals surface area (Å²) in [6.07, 6.45) is 3.62. The van der Waals surface area contributed by atoms with Gasteiger partial charge in [-0.2, -0.15) is 0 Å². The number of allylic oxidation sites excluding steroid dienone is 2. The molecule has 2 heteroatoms. The maximum atomic E-state index is 10.1. The van der Waals surface area contributed by atoms with Crippen LogP contribution < -0.4 is 0 Å². The molecule has 0 atom stereocenters. The van der Waals surface area contributed by atoms with Crippen molar-refractivity contribution >= 4 is 18.0 Å². The Kier molecular flexibility index (Phi) is 5.32. The molecule has 0 aromatic carbocycles. The van der Waals surface area contributed by atoms with Crippen LogP contribution in [0.25, 0.3) is 0 Å². The Bertz CT molecular complexity index is 127. The zero-order valence-corrected chi connectivity index (χ0v) is 6.28. The lowest BCUT2D eigenvalue weighted by molar-refractivity contribution is -0.104. The summed E-state index contributed by atoms with van der Waals surface area (Å²) < 4.78 is 0. The first-order valence-electron chi connectivity index (χ1n) is 2.78. The second-order valence-corrected chi connectivity index (χ2v) is 2.46. The summed E-state index contributed by atoms with van der Waals surface area (Å²) in [5, 5.41) is 1.65. The second kappa shape index (κ2) is 5.63. The SMILES string of the molecule is C=CS/C(C=O)=C\CC. The standard InChI is InChI=1S/C7H10OS/c1-3-5-7(6-8)9-4-2/h4-6H,2-3H2,1H3/b7-5-. The monoisotopic (exact) mass is 142 g/mol.